The van der Waals surface area contributed by atoms with Gasteiger partial charge in [-0.2, -0.15) is 0 Å². The number of hydrogen-bond acceptors (Lipinski definition) is 3. The standard InChI is InChI=1S/C14H19N2O2/c15-14(17)13-11-18-10-9-16(13)8-4-7-12-5-2-1-3-6-12/h1-3,5-7,13H,4,8-11H2,(H2,15,17). The molecular formula is C14H19N2O2. The molecule has 1 atom stereocenters. The third-order valence-electron chi connectivity index (χ3n) is 3.16. The van der Waals surface area contributed by atoms with E-state index in [-0.39, 0.29) is 11.9 Å². The van der Waals surface area contributed by atoms with Crippen LogP contribution in [0.25, 0.3) is 0 Å². The minimum absolute atomic E-state index is 0.275. The molecule has 4 nitrogen and oxygen atoms in total. The SMILES string of the molecule is NC(=O)C1COCCN1CC[CH]c1ccccc1. The van der Waals surface area contributed by atoms with E-state index in [4.69, 9.17) is 10.5 Å². The van der Waals surface area contributed by atoms with E-state index in [1.807, 2.05) is 18.2 Å². The molecule has 0 spiro atoms. The molecule has 0 bridgehead atoms. The second kappa shape index (κ2) is 6.52. The highest BCUT2D eigenvalue weighted by atomic mass is 16.5. The van der Waals surface area contributed by atoms with Crippen molar-refractivity contribution in [3.8, 4) is 0 Å². The number of ether oxygens (including phenoxy) is 1. The number of nitrogens with two attached hydrogens (primary N) is 1. The molecule has 1 unspecified atom stereocenters. The molecule has 1 heterocycles. The molecule has 2 N–H and O–H groups in total. The number of benzene rings is 1. The van der Waals surface area contributed by atoms with Crippen LogP contribution in [0.1, 0.15) is 12.0 Å². The molecule has 0 aliphatic carbocycles. The van der Waals surface area contributed by atoms with Gasteiger partial charge in [0.05, 0.1) is 13.2 Å². The zero-order valence-electron chi connectivity index (χ0n) is 10.4. The Balaban J connectivity index is 1.79. The van der Waals surface area contributed by atoms with Crippen molar-refractivity contribution in [3.63, 3.8) is 0 Å². The van der Waals surface area contributed by atoms with E-state index in [1.165, 1.54) is 5.56 Å². The van der Waals surface area contributed by atoms with E-state index >= 15 is 0 Å². The lowest BCUT2D eigenvalue weighted by Gasteiger charge is -2.33. The van der Waals surface area contributed by atoms with Gasteiger partial charge in [-0.15, -0.1) is 0 Å². The molecule has 18 heavy (non-hydrogen) atoms. The fourth-order valence-corrected chi connectivity index (χ4v) is 2.15. The average Bonchev–Trinajstić information content (AvgIpc) is 2.40. The molecule has 0 aromatic heterocycles. The number of carbonyl (C=O) groups excluding carboxylic acids is 1. The van der Waals surface area contributed by atoms with Crippen molar-refractivity contribution in [2.24, 2.45) is 5.73 Å². The van der Waals surface area contributed by atoms with Gasteiger partial charge in [-0.05, 0) is 24.9 Å². The zero-order chi connectivity index (χ0) is 12.8. The average molecular weight is 247 g/mol. The van der Waals surface area contributed by atoms with Gasteiger partial charge in [0.1, 0.15) is 6.04 Å². The van der Waals surface area contributed by atoms with E-state index in [0.717, 1.165) is 19.5 Å². The van der Waals surface area contributed by atoms with Crippen LogP contribution in [0.2, 0.25) is 0 Å². The maximum absolute atomic E-state index is 11.3. The predicted molar refractivity (Wildman–Crippen MR) is 69.8 cm³/mol. The maximum Gasteiger partial charge on any atom is 0.237 e. The second-order valence-corrected chi connectivity index (χ2v) is 4.43. The molecule has 0 saturated carbocycles. The van der Waals surface area contributed by atoms with E-state index in [0.29, 0.717) is 13.2 Å². The van der Waals surface area contributed by atoms with Gasteiger partial charge in [0, 0.05) is 6.54 Å². The Morgan fingerprint density at radius 1 is 1.44 bits per heavy atom. The summed E-state index contributed by atoms with van der Waals surface area (Å²) < 4.78 is 5.29. The lowest BCUT2D eigenvalue weighted by Crippen LogP contribution is -2.52. The largest absolute Gasteiger partial charge is 0.378 e. The van der Waals surface area contributed by atoms with Gasteiger partial charge >= 0.3 is 0 Å². The van der Waals surface area contributed by atoms with Crippen LogP contribution in [0, 0.1) is 6.42 Å². The second-order valence-electron chi connectivity index (χ2n) is 4.43. The van der Waals surface area contributed by atoms with Crippen molar-refractivity contribution in [1.29, 1.82) is 0 Å². The Morgan fingerprint density at radius 2 is 2.22 bits per heavy atom. The molecule has 1 fully saturated rings. The van der Waals surface area contributed by atoms with Crippen LogP contribution in [-0.2, 0) is 9.53 Å². The van der Waals surface area contributed by atoms with Crippen molar-refractivity contribution in [3.05, 3.63) is 42.3 Å². The lowest BCUT2D eigenvalue weighted by atomic mass is 10.1. The Morgan fingerprint density at radius 3 is 2.94 bits per heavy atom. The summed E-state index contributed by atoms with van der Waals surface area (Å²) in [7, 11) is 0. The highest BCUT2D eigenvalue weighted by Crippen LogP contribution is 2.10. The smallest absolute Gasteiger partial charge is 0.237 e. The third-order valence-corrected chi connectivity index (χ3v) is 3.16. The summed E-state index contributed by atoms with van der Waals surface area (Å²) in [5.74, 6) is -0.297. The number of amides is 1. The van der Waals surface area contributed by atoms with E-state index < -0.39 is 0 Å². The molecule has 1 aromatic rings. The fraction of sp³-hybridized carbons (Fsp3) is 0.429. The molecule has 1 aromatic carbocycles. The van der Waals surface area contributed by atoms with Gasteiger partial charge < -0.3 is 10.5 Å². The van der Waals surface area contributed by atoms with Gasteiger partial charge in [-0.1, -0.05) is 30.3 Å². The van der Waals surface area contributed by atoms with Gasteiger partial charge in [-0.3, -0.25) is 9.69 Å². The molecule has 2 rings (SSSR count). The highest BCUT2D eigenvalue weighted by Gasteiger charge is 2.26. The Kier molecular flexibility index (Phi) is 4.73. The summed E-state index contributed by atoms with van der Waals surface area (Å²) in [5.41, 5.74) is 6.58. The van der Waals surface area contributed by atoms with E-state index in [9.17, 15) is 4.79 Å². The van der Waals surface area contributed by atoms with Crippen LogP contribution < -0.4 is 5.73 Å². The van der Waals surface area contributed by atoms with E-state index in [2.05, 4.69) is 23.5 Å². The van der Waals surface area contributed by atoms with Crippen molar-refractivity contribution < 1.29 is 9.53 Å². The van der Waals surface area contributed by atoms with Crippen LogP contribution in [0.15, 0.2) is 30.3 Å². The molecule has 4 heteroatoms. The Bertz CT molecular complexity index is 381. The third kappa shape index (κ3) is 3.55. The molecule has 1 amide bonds. The number of hydrogen-bond donors (Lipinski definition) is 1. The summed E-state index contributed by atoms with van der Waals surface area (Å²) in [6, 6.07) is 9.92. The number of carbonyl (C=O) groups is 1. The fourth-order valence-electron chi connectivity index (χ4n) is 2.15. The topological polar surface area (TPSA) is 55.6 Å². The molecule has 97 valence electrons. The zero-order valence-corrected chi connectivity index (χ0v) is 10.4. The Labute approximate surface area is 108 Å². The number of primary amides is 1. The molecular weight excluding hydrogens is 228 g/mol. The maximum atomic E-state index is 11.3. The number of nitrogens with zero attached hydrogens (tertiary/aromatic N) is 1. The minimum Gasteiger partial charge on any atom is -0.378 e. The van der Waals surface area contributed by atoms with E-state index in [1.54, 1.807) is 0 Å². The first-order valence-electron chi connectivity index (χ1n) is 6.27. The van der Waals surface area contributed by atoms with Gasteiger partial charge in [0.2, 0.25) is 5.91 Å². The lowest BCUT2D eigenvalue weighted by molar-refractivity contribution is -0.129. The first-order chi connectivity index (χ1) is 8.77. The van der Waals surface area contributed by atoms with Crippen molar-refractivity contribution in [2.45, 2.75) is 12.5 Å². The monoisotopic (exact) mass is 247 g/mol. The first kappa shape index (κ1) is 13.1. The normalized spacial score (nSPS) is 20.8. The molecule has 1 aliphatic heterocycles. The van der Waals surface area contributed by atoms with Gasteiger partial charge in [-0.25, -0.2) is 0 Å². The first-order valence-corrected chi connectivity index (χ1v) is 6.27. The summed E-state index contributed by atoms with van der Waals surface area (Å²) in [5, 5.41) is 0. The molecule has 1 aliphatic rings. The van der Waals surface area contributed by atoms with Crippen molar-refractivity contribution >= 4 is 5.91 Å². The van der Waals surface area contributed by atoms with Crippen LogP contribution in [0.5, 0.6) is 0 Å². The van der Waals surface area contributed by atoms with Crippen LogP contribution in [0.3, 0.4) is 0 Å². The van der Waals surface area contributed by atoms with Gasteiger partial charge in [0.25, 0.3) is 0 Å². The number of rotatable bonds is 5. The summed E-state index contributed by atoms with van der Waals surface area (Å²) in [4.78, 5) is 13.4. The molecule has 1 radical (unpaired) electrons. The van der Waals surface area contributed by atoms with Gasteiger partial charge in [0.15, 0.2) is 0 Å². The highest BCUT2D eigenvalue weighted by molar-refractivity contribution is 5.80. The minimum atomic E-state index is -0.297. The summed E-state index contributed by atoms with van der Waals surface area (Å²) in [6.45, 7) is 2.71. The predicted octanol–water partition coefficient (Wildman–Crippen LogP) is 0.815. The van der Waals surface area contributed by atoms with Crippen molar-refractivity contribution in [1.82, 2.24) is 4.90 Å². The van der Waals surface area contributed by atoms with Crippen LogP contribution >= 0.6 is 0 Å². The van der Waals surface area contributed by atoms with Crippen LogP contribution in [0.4, 0.5) is 0 Å². The quantitative estimate of drug-likeness (QED) is 0.838. The molecule has 1 saturated heterocycles. The van der Waals surface area contributed by atoms with Crippen molar-refractivity contribution in [2.75, 3.05) is 26.3 Å². The summed E-state index contributed by atoms with van der Waals surface area (Å²) in [6.07, 6.45) is 3.08. The Hall–Kier alpha value is -1.39. The van der Waals surface area contributed by atoms with Crippen LogP contribution in [-0.4, -0.2) is 43.2 Å². The number of morpholine rings is 1. The summed E-state index contributed by atoms with van der Waals surface area (Å²) >= 11 is 0.